The summed E-state index contributed by atoms with van der Waals surface area (Å²) in [4.78, 5) is 13.3. The van der Waals surface area contributed by atoms with Crippen LogP contribution in [0.1, 0.15) is 36.0 Å². The van der Waals surface area contributed by atoms with Crippen molar-refractivity contribution in [1.29, 1.82) is 0 Å². The first-order chi connectivity index (χ1) is 15.0. The zero-order chi connectivity index (χ0) is 21.8. The standard InChI is InChI=1S/C25H26N2O3S/c1-2-31(29,30)27-17-9-14-21-18-22(15-16-23(21)27)26-25(28)24(19-10-5-3-6-11-19)20-12-7-4-8-13-20/h3-8,10-13,15-16,18,24H,2,9,14,17H2,1H3,(H,26,28). The fourth-order valence-corrected chi connectivity index (χ4v) is 5.28. The van der Waals surface area contributed by atoms with Gasteiger partial charge in [-0.25, -0.2) is 8.42 Å². The average Bonchev–Trinajstić information content (AvgIpc) is 2.80. The Morgan fingerprint density at radius 3 is 2.16 bits per heavy atom. The largest absolute Gasteiger partial charge is 0.325 e. The van der Waals surface area contributed by atoms with Gasteiger partial charge in [0.05, 0.1) is 17.4 Å². The van der Waals surface area contributed by atoms with Crippen molar-refractivity contribution in [3.05, 3.63) is 95.6 Å². The minimum atomic E-state index is -3.31. The molecule has 1 amide bonds. The molecular weight excluding hydrogens is 408 g/mol. The average molecular weight is 435 g/mol. The monoisotopic (exact) mass is 434 g/mol. The number of aryl methyl sites for hydroxylation is 1. The Kier molecular flexibility index (Phi) is 6.09. The van der Waals surface area contributed by atoms with E-state index in [1.807, 2.05) is 66.7 Å². The van der Waals surface area contributed by atoms with E-state index in [-0.39, 0.29) is 11.7 Å². The Morgan fingerprint density at radius 1 is 0.968 bits per heavy atom. The molecule has 0 radical (unpaired) electrons. The smallest absolute Gasteiger partial charge is 0.236 e. The Bertz CT molecular complexity index is 1120. The zero-order valence-electron chi connectivity index (χ0n) is 17.5. The molecule has 0 spiro atoms. The SMILES string of the molecule is CCS(=O)(=O)N1CCCc2cc(NC(=O)C(c3ccccc3)c3ccccc3)ccc21. The molecule has 3 aromatic carbocycles. The quantitative estimate of drug-likeness (QED) is 0.618. The van der Waals surface area contributed by atoms with E-state index < -0.39 is 15.9 Å². The number of carbonyl (C=O) groups is 1. The van der Waals surface area contributed by atoms with Crippen molar-refractivity contribution < 1.29 is 13.2 Å². The van der Waals surface area contributed by atoms with Crippen LogP contribution >= 0.6 is 0 Å². The van der Waals surface area contributed by atoms with Crippen LogP contribution in [0, 0.1) is 0 Å². The molecule has 160 valence electrons. The van der Waals surface area contributed by atoms with Gasteiger partial charge in [-0.15, -0.1) is 0 Å². The maximum atomic E-state index is 13.3. The van der Waals surface area contributed by atoms with E-state index in [9.17, 15) is 13.2 Å². The number of anilines is 2. The number of sulfonamides is 1. The molecule has 6 heteroatoms. The predicted molar refractivity (Wildman–Crippen MR) is 125 cm³/mol. The van der Waals surface area contributed by atoms with E-state index in [1.165, 1.54) is 4.31 Å². The molecule has 0 saturated carbocycles. The molecule has 0 bridgehead atoms. The molecule has 1 heterocycles. The van der Waals surface area contributed by atoms with Gasteiger partial charge >= 0.3 is 0 Å². The Balaban J connectivity index is 1.63. The maximum Gasteiger partial charge on any atom is 0.236 e. The summed E-state index contributed by atoms with van der Waals surface area (Å²) < 4.78 is 26.4. The highest BCUT2D eigenvalue weighted by atomic mass is 32.2. The molecule has 1 aliphatic heterocycles. The number of fused-ring (bicyclic) bond motifs is 1. The number of nitrogens with zero attached hydrogens (tertiary/aromatic N) is 1. The Labute approximate surface area is 183 Å². The first kappa shape index (κ1) is 21.1. The third-order valence-electron chi connectivity index (χ3n) is 5.65. The molecule has 0 unspecified atom stereocenters. The number of benzene rings is 3. The summed E-state index contributed by atoms with van der Waals surface area (Å²) in [6.07, 6.45) is 1.55. The van der Waals surface area contributed by atoms with Crippen molar-refractivity contribution in [1.82, 2.24) is 0 Å². The molecule has 0 fully saturated rings. The van der Waals surface area contributed by atoms with Gasteiger partial charge < -0.3 is 5.32 Å². The normalized spacial score (nSPS) is 13.7. The highest BCUT2D eigenvalue weighted by Gasteiger charge is 2.27. The summed E-state index contributed by atoms with van der Waals surface area (Å²) in [5, 5.41) is 3.05. The highest BCUT2D eigenvalue weighted by Crippen LogP contribution is 2.33. The number of carbonyl (C=O) groups excluding carboxylic acids is 1. The molecule has 1 aliphatic rings. The Hall–Kier alpha value is -3.12. The third kappa shape index (κ3) is 4.49. The van der Waals surface area contributed by atoms with Crippen molar-refractivity contribution >= 4 is 27.3 Å². The summed E-state index contributed by atoms with van der Waals surface area (Å²) >= 11 is 0. The van der Waals surface area contributed by atoms with Crippen LogP contribution in [0.3, 0.4) is 0 Å². The van der Waals surface area contributed by atoms with Crippen LogP contribution in [-0.2, 0) is 21.2 Å². The molecule has 5 nitrogen and oxygen atoms in total. The fourth-order valence-electron chi connectivity index (χ4n) is 4.09. The molecule has 4 rings (SSSR count). The third-order valence-corrected chi connectivity index (χ3v) is 7.43. The van der Waals surface area contributed by atoms with Crippen LogP contribution in [0.25, 0.3) is 0 Å². The second-order valence-corrected chi connectivity index (χ2v) is 9.85. The van der Waals surface area contributed by atoms with Crippen molar-refractivity contribution in [3.63, 3.8) is 0 Å². The Morgan fingerprint density at radius 2 is 1.58 bits per heavy atom. The predicted octanol–water partition coefficient (Wildman–Crippen LogP) is 4.56. The number of rotatable bonds is 6. The highest BCUT2D eigenvalue weighted by molar-refractivity contribution is 7.92. The second-order valence-electron chi connectivity index (χ2n) is 7.66. The minimum Gasteiger partial charge on any atom is -0.325 e. The van der Waals surface area contributed by atoms with Crippen molar-refractivity contribution in [2.45, 2.75) is 25.7 Å². The second kappa shape index (κ2) is 8.94. The van der Waals surface area contributed by atoms with Gasteiger partial charge in [0.15, 0.2) is 0 Å². The van der Waals surface area contributed by atoms with Gasteiger partial charge in [-0.1, -0.05) is 60.7 Å². The van der Waals surface area contributed by atoms with Gasteiger partial charge in [-0.05, 0) is 54.7 Å². The van der Waals surface area contributed by atoms with E-state index in [2.05, 4.69) is 5.32 Å². The van der Waals surface area contributed by atoms with Gasteiger partial charge in [0.2, 0.25) is 15.9 Å². The van der Waals surface area contributed by atoms with E-state index in [1.54, 1.807) is 19.1 Å². The van der Waals surface area contributed by atoms with Crippen LogP contribution in [0.15, 0.2) is 78.9 Å². The summed E-state index contributed by atoms with van der Waals surface area (Å²) in [6.45, 7) is 2.16. The summed E-state index contributed by atoms with van der Waals surface area (Å²) in [6, 6.07) is 24.9. The van der Waals surface area contributed by atoms with Gasteiger partial charge in [0.25, 0.3) is 0 Å². The van der Waals surface area contributed by atoms with Crippen LogP contribution in [0.4, 0.5) is 11.4 Å². The van der Waals surface area contributed by atoms with E-state index in [0.29, 0.717) is 17.9 Å². The first-order valence-electron chi connectivity index (χ1n) is 10.5. The van der Waals surface area contributed by atoms with Gasteiger partial charge in [-0.2, -0.15) is 0 Å². The molecule has 3 aromatic rings. The fraction of sp³-hybridized carbons (Fsp3) is 0.240. The lowest BCUT2D eigenvalue weighted by molar-refractivity contribution is -0.116. The van der Waals surface area contributed by atoms with Crippen molar-refractivity contribution in [2.75, 3.05) is 21.9 Å². The zero-order valence-corrected chi connectivity index (χ0v) is 18.3. The van der Waals surface area contributed by atoms with Gasteiger partial charge in [0, 0.05) is 12.2 Å². The van der Waals surface area contributed by atoms with Gasteiger partial charge in [0.1, 0.15) is 0 Å². The van der Waals surface area contributed by atoms with Crippen LogP contribution < -0.4 is 9.62 Å². The first-order valence-corrected chi connectivity index (χ1v) is 12.1. The summed E-state index contributed by atoms with van der Waals surface area (Å²) in [5.41, 5.74) is 4.18. The molecule has 0 aliphatic carbocycles. The van der Waals surface area contributed by atoms with Crippen molar-refractivity contribution in [3.8, 4) is 0 Å². The lowest BCUT2D eigenvalue weighted by Gasteiger charge is -2.30. The summed E-state index contributed by atoms with van der Waals surface area (Å²) in [5.74, 6) is -0.484. The van der Waals surface area contributed by atoms with Crippen LogP contribution in [-0.4, -0.2) is 26.6 Å². The maximum absolute atomic E-state index is 13.3. The summed E-state index contributed by atoms with van der Waals surface area (Å²) in [7, 11) is -3.31. The van der Waals surface area contributed by atoms with E-state index in [4.69, 9.17) is 0 Å². The number of hydrogen-bond acceptors (Lipinski definition) is 3. The van der Waals surface area contributed by atoms with Crippen LogP contribution in [0.2, 0.25) is 0 Å². The van der Waals surface area contributed by atoms with Crippen LogP contribution in [0.5, 0.6) is 0 Å². The number of amides is 1. The van der Waals surface area contributed by atoms with E-state index in [0.717, 1.165) is 29.5 Å². The van der Waals surface area contributed by atoms with Gasteiger partial charge in [-0.3, -0.25) is 9.10 Å². The van der Waals surface area contributed by atoms with E-state index >= 15 is 0 Å². The minimum absolute atomic E-state index is 0.0702. The molecular formula is C25H26N2O3S. The molecule has 0 atom stereocenters. The molecule has 31 heavy (non-hydrogen) atoms. The lowest BCUT2D eigenvalue weighted by Crippen LogP contribution is -2.36. The molecule has 0 aromatic heterocycles. The van der Waals surface area contributed by atoms with Crippen molar-refractivity contribution in [2.24, 2.45) is 0 Å². The molecule has 0 saturated heterocycles. The topological polar surface area (TPSA) is 66.5 Å². The number of hydrogen-bond donors (Lipinski definition) is 1. The lowest BCUT2D eigenvalue weighted by atomic mass is 9.90. The number of nitrogens with one attached hydrogen (secondary N) is 1. The molecule has 1 N–H and O–H groups in total.